The van der Waals surface area contributed by atoms with Crippen molar-refractivity contribution in [1.29, 1.82) is 0 Å². The molecule has 0 spiro atoms. The molecule has 1 atom stereocenters. The molecule has 6 heteroatoms. The first kappa shape index (κ1) is 17.3. The van der Waals surface area contributed by atoms with E-state index in [1.165, 1.54) is 0 Å². The van der Waals surface area contributed by atoms with E-state index in [1.54, 1.807) is 55.5 Å². The molecule has 2 aromatic carbocycles. The average molecular weight is 359 g/mol. The number of amides is 2. The molecular weight excluding hydrogens is 340 g/mol. The van der Waals surface area contributed by atoms with Gasteiger partial charge in [-0.15, -0.1) is 0 Å². The predicted molar refractivity (Wildman–Crippen MR) is 98.0 cm³/mol. The third-order valence-electron chi connectivity index (χ3n) is 3.85. The van der Waals surface area contributed by atoms with Crippen molar-refractivity contribution in [3.8, 4) is 5.75 Å². The van der Waals surface area contributed by atoms with Gasteiger partial charge in [-0.2, -0.15) is 0 Å². The Morgan fingerprint density at radius 3 is 2.32 bits per heavy atom. The molecule has 2 aromatic rings. The number of nitrogens with one attached hydrogen (secondary N) is 2. The first-order valence-corrected chi connectivity index (χ1v) is 8.53. The van der Waals surface area contributed by atoms with Gasteiger partial charge in [0.15, 0.2) is 6.10 Å². The van der Waals surface area contributed by atoms with Crippen LogP contribution < -0.4 is 15.4 Å². The molecule has 0 aliphatic heterocycles. The van der Waals surface area contributed by atoms with Crippen LogP contribution in [0.2, 0.25) is 5.02 Å². The van der Waals surface area contributed by atoms with Crippen molar-refractivity contribution >= 4 is 34.8 Å². The molecule has 130 valence electrons. The lowest BCUT2D eigenvalue weighted by Crippen LogP contribution is -2.30. The molecule has 0 radical (unpaired) electrons. The summed E-state index contributed by atoms with van der Waals surface area (Å²) >= 11 is 5.90. The Morgan fingerprint density at radius 2 is 1.72 bits per heavy atom. The maximum atomic E-state index is 12.2. The van der Waals surface area contributed by atoms with Crippen molar-refractivity contribution in [2.24, 2.45) is 5.92 Å². The van der Waals surface area contributed by atoms with Gasteiger partial charge in [0.1, 0.15) is 5.75 Å². The number of benzene rings is 2. The second-order valence-electron chi connectivity index (χ2n) is 6.05. The Bertz CT molecular complexity index is 772. The molecule has 1 aliphatic carbocycles. The Kier molecular flexibility index (Phi) is 5.24. The summed E-state index contributed by atoms with van der Waals surface area (Å²) in [4.78, 5) is 23.9. The first-order chi connectivity index (χ1) is 12.0. The molecule has 0 heterocycles. The molecule has 0 saturated heterocycles. The van der Waals surface area contributed by atoms with Crippen LogP contribution in [0.5, 0.6) is 5.75 Å². The van der Waals surface area contributed by atoms with E-state index in [9.17, 15) is 9.59 Å². The molecule has 0 bridgehead atoms. The van der Waals surface area contributed by atoms with Crippen molar-refractivity contribution in [2.75, 3.05) is 10.6 Å². The lowest BCUT2D eigenvalue weighted by Gasteiger charge is -2.15. The standard InChI is InChI=1S/C19H19ClN2O3/c1-12(25-17-4-2-3-14(20)11-17)18(23)21-15-7-9-16(10-8-15)22-19(24)13-5-6-13/h2-4,7-13H,5-6H2,1H3,(H,21,23)(H,22,24). The largest absolute Gasteiger partial charge is 0.481 e. The minimum Gasteiger partial charge on any atom is -0.481 e. The lowest BCUT2D eigenvalue weighted by molar-refractivity contribution is -0.122. The van der Waals surface area contributed by atoms with Gasteiger partial charge in [-0.05, 0) is 62.2 Å². The van der Waals surface area contributed by atoms with Crippen LogP contribution in [0.4, 0.5) is 11.4 Å². The number of hydrogen-bond donors (Lipinski definition) is 2. The number of hydrogen-bond acceptors (Lipinski definition) is 3. The van der Waals surface area contributed by atoms with Gasteiger partial charge in [0.05, 0.1) is 0 Å². The third-order valence-corrected chi connectivity index (χ3v) is 4.08. The molecule has 3 rings (SSSR count). The molecule has 1 saturated carbocycles. The Balaban J connectivity index is 1.53. The van der Waals surface area contributed by atoms with Gasteiger partial charge < -0.3 is 15.4 Å². The lowest BCUT2D eigenvalue weighted by atomic mass is 10.2. The zero-order valence-electron chi connectivity index (χ0n) is 13.8. The van der Waals surface area contributed by atoms with Gasteiger partial charge in [0.25, 0.3) is 5.91 Å². The summed E-state index contributed by atoms with van der Waals surface area (Å²) in [6.07, 6.45) is 1.25. The number of carbonyl (C=O) groups is 2. The van der Waals surface area contributed by atoms with Crippen LogP contribution in [0.25, 0.3) is 0 Å². The highest BCUT2D eigenvalue weighted by atomic mass is 35.5. The Hall–Kier alpha value is -2.53. The second kappa shape index (κ2) is 7.57. The van der Waals surface area contributed by atoms with E-state index in [0.29, 0.717) is 16.5 Å². The molecule has 1 fully saturated rings. The third kappa shape index (κ3) is 4.97. The molecule has 2 amide bonds. The average Bonchev–Trinajstić information content (AvgIpc) is 3.41. The van der Waals surface area contributed by atoms with Gasteiger partial charge in [0.2, 0.25) is 5.91 Å². The Labute approximate surface area is 151 Å². The normalized spacial score (nSPS) is 14.5. The summed E-state index contributed by atoms with van der Waals surface area (Å²) in [5.74, 6) is 0.479. The molecule has 25 heavy (non-hydrogen) atoms. The number of carbonyl (C=O) groups excluding carboxylic acids is 2. The van der Waals surface area contributed by atoms with Crippen LogP contribution in [0.15, 0.2) is 48.5 Å². The maximum Gasteiger partial charge on any atom is 0.265 e. The van der Waals surface area contributed by atoms with Gasteiger partial charge in [-0.25, -0.2) is 0 Å². The van der Waals surface area contributed by atoms with Crippen LogP contribution >= 0.6 is 11.6 Å². The minimum atomic E-state index is -0.673. The monoisotopic (exact) mass is 358 g/mol. The quantitative estimate of drug-likeness (QED) is 0.817. The number of rotatable bonds is 6. The zero-order chi connectivity index (χ0) is 17.8. The zero-order valence-corrected chi connectivity index (χ0v) is 14.5. The molecule has 2 N–H and O–H groups in total. The van der Waals surface area contributed by atoms with Crippen molar-refractivity contribution in [3.63, 3.8) is 0 Å². The van der Waals surface area contributed by atoms with Crippen LogP contribution in [0.1, 0.15) is 19.8 Å². The smallest absolute Gasteiger partial charge is 0.265 e. The van der Waals surface area contributed by atoms with Crippen molar-refractivity contribution in [3.05, 3.63) is 53.6 Å². The van der Waals surface area contributed by atoms with Crippen LogP contribution in [-0.2, 0) is 9.59 Å². The van der Waals surface area contributed by atoms with Gasteiger partial charge >= 0.3 is 0 Å². The van der Waals surface area contributed by atoms with E-state index < -0.39 is 6.10 Å². The number of ether oxygens (including phenoxy) is 1. The summed E-state index contributed by atoms with van der Waals surface area (Å²) in [7, 11) is 0. The van der Waals surface area contributed by atoms with Crippen LogP contribution in [0, 0.1) is 5.92 Å². The van der Waals surface area contributed by atoms with E-state index in [1.807, 2.05) is 0 Å². The number of anilines is 2. The maximum absolute atomic E-state index is 12.2. The van der Waals surface area contributed by atoms with E-state index in [0.717, 1.165) is 18.5 Å². The fourth-order valence-corrected chi connectivity index (χ4v) is 2.45. The van der Waals surface area contributed by atoms with E-state index in [4.69, 9.17) is 16.3 Å². The molecule has 1 unspecified atom stereocenters. The predicted octanol–water partition coefficient (Wildman–Crippen LogP) is 4.09. The van der Waals surface area contributed by atoms with Crippen LogP contribution in [-0.4, -0.2) is 17.9 Å². The fraction of sp³-hybridized carbons (Fsp3) is 0.263. The second-order valence-corrected chi connectivity index (χ2v) is 6.48. The summed E-state index contributed by atoms with van der Waals surface area (Å²) < 4.78 is 5.59. The topological polar surface area (TPSA) is 67.4 Å². The highest BCUT2D eigenvalue weighted by Crippen LogP contribution is 2.30. The highest BCUT2D eigenvalue weighted by Gasteiger charge is 2.29. The van der Waals surface area contributed by atoms with E-state index in [-0.39, 0.29) is 17.7 Å². The molecule has 0 aromatic heterocycles. The van der Waals surface area contributed by atoms with Crippen LogP contribution in [0.3, 0.4) is 0 Å². The summed E-state index contributed by atoms with van der Waals surface area (Å²) in [6, 6.07) is 13.9. The van der Waals surface area contributed by atoms with Crippen molar-refractivity contribution in [2.45, 2.75) is 25.9 Å². The summed E-state index contributed by atoms with van der Waals surface area (Å²) in [6.45, 7) is 1.67. The highest BCUT2D eigenvalue weighted by molar-refractivity contribution is 6.30. The van der Waals surface area contributed by atoms with Crippen molar-refractivity contribution < 1.29 is 14.3 Å². The van der Waals surface area contributed by atoms with Crippen molar-refractivity contribution in [1.82, 2.24) is 0 Å². The Morgan fingerprint density at radius 1 is 1.08 bits per heavy atom. The van der Waals surface area contributed by atoms with E-state index in [2.05, 4.69) is 10.6 Å². The van der Waals surface area contributed by atoms with Gasteiger partial charge in [-0.3, -0.25) is 9.59 Å². The molecular formula is C19H19ClN2O3. The van der Waals surface area contributed by atoms with Gasteiger partial charge in [-0.1, -0.05) is 17.7 Å². The SMILES string of the molecule is CC(Oc1cccc(Cl)c1)C(=O)Nc1ccc(NC(=O)C2CC2)cc1. The minimum absolute atomic E-state index is 0.0559. The number of halogens is 1. The first-order valence-electron chi connectivity index (χ1n) is 8.15. The van der Waals surface area contributed by atoms with E-state index >= 15 is 0 Å². The molecule has 5 nitrogen and oxygen atoms in total. The fourth-order valence-electron chi connectivity index (χ4n) is 2.27. The summed E-state index contributed by atoms with van der Waals surface area (Å²) in [5.41, 5.74) is 1.36. The molecule has 1 aliphatic rings. The van der Waals surface area contributed by atoms with Gasteiger partial charge in [0, 0.05) is 22.3 Å². The summed E-state index contributed by atoms with van der Waals surface area (Å²) in [5, 5.41) is 6.19.